The normalized spacial score (nSPS) is 11.2. The molecule has 0 aliphatic heterocycles. The highest BCUT2D eigenvalue weighted by Gasteiger charge is 2.22. The molecular formula is C25H20O4S. The fraction of sp³-hybridized carbons (Fsp3) is 0.0400. The Labute approximate surface area is 176 Å². The lowest BCUT2D eigenvalue weighted by Crippen LogP contribution is -2.13. The quantitative estimate of drug-likeness (QED) is 0.414. The van der Waals surface area contributed by atoms with Gasteiger partial charge >= 0.3 is 10.1 Å². The molecule has 0 saturated heterocycles. The number of benzene rings is 4. The van der Waals surface area contributed by atoms with E-state index in [2.05, 4.69) is 0 Å². The summed E-state index contributed by atoms with van der Waals surface area (Å²) in [6.45, 7) is 0. The molecule has 0 aliphatic carbocycles. The third kappa shape index (κ3) is 4.36. The Morgan fingerprint density at radius 2 is 1.13 bits per heavy atom. The summed E-state index contributed by atoms with van der Waals surface area (Å²) in [7, 11) is -3.91. The van der Waals surface area contributed by atoms with E-state index in [1.54, 1.807) is 24.3 Å². The first kappa shape index (κ1) is 19.7. The Balaban J connectivity index is 1.84. The van der Waals surface area contributed by atoms with Crippen molar-refractivity contribution in [3.63, 3.8) is 0 Å². The van der Waals surface area contributed by atoms with Crippen molar-refractivity contribution in [1.29, 1.82) is 0 Å². The number of rotatable bonds is 6. The van der Waals surface area contributed by atoms with Crippen LogP contribution >= 0.6 is 0 Å². The third-order valence-electron chi connectivity index (χ3n) is 4.67. The van der Waals surface area contributed by atoms with Gasteiger partial charge in [-0.1, -0.05) is 91.0 Å². The smallest absolute Gasteiger partial charge is 0.313 e. The lowest BCUT2D eigenvalue weighted by atomic mass is 9.93. The van der Waals surface area contributed by atoms with E-state index >= 15 is 0 Å². The summed E-state index contributed by atoms with van der Waals surface area (Å²) in [4.78, 5) is 0. The number of phenolic OH excluding ortho intramolecular Hbond substituents is 1. The van der Waals surface area contributed by atoms with Crippen LogP contribution in [0.3, 0.4) is 0 Å². The molecule has 0 aliphatic rings. The van der Waals surface area contributed by atoms with Crippen molar-refractivity contribution in [2.45, 2.75) is 5.75 Å². The molecule has 0 fully saturated rings. The van der Waals surface area contributed by atoms with Crippen LogP contribution in [0.2, 0.25) is 0 Å². The second-order valence-corrected chi connectivity index (χ2v) is 8.41. The average molecular weight is 416 g/mol. The van der Waals surface area contributed by atoms with Crippen LogP contribution in [-0.2, 0) is 15.9 Å². The number of aromatic hydroxyl groups is 1. The molecule has 1 N–H and O–H groups in total. The van der Waals surface area contributed by atoms with E-state index in [4.69, 9.17) is 4.18 Å². The Kier molecular flexibility index (Phi) is 5.55. The van der Waals surface area contributed by atoms with E-state index in [1.165, 1.54) is 12.1 Å². The predicted molar refractivity (Wildman–Crippen MR) is 119 cm³/mol. The topological polar surface area (TPSA) is 63.6 Å². The standard InChI is InChI=1S/C25H20O4S/c26-22-16-17-23(29-30(27,28)18-19-10-4-1-5-11-19)25(21-14-8-3-9-15-21)24(22)20-12-6-2-7-13-20/h1-17,26H,18H2. The Bertz CT molecular complexity index is 1240. The van der Waals surface area contributed by atoms with Crippen molar-refractivity contribution < 1.29 is 17.7 Å². The van der Waals surface area contributed by atoms with Gasteiger partial charge in [-0.15, -0.1) is 0 Å². The summed E-state index contributed by atoms with van der Waals surface area (Å²) < 4.78 is 31.2. The zero-order valence-corrected chi connectivity index (χ0v) is 16.9. The largest absolute Gasteiger partial charge is 0.507 e. The van der Waals surface area contributed by atoms with Crippen molar-refractivity contribution in [2.24, 2.45) is 0 Å². The van der Waals surface area contributed by atoms with Gasteiger partial charge in [0, 0.05) is 11.1 Å². The van der Waals surface area contributed by atoms with Crippen molar-refractivity contribution >= 4 is 10.1 Å². The number of hydrogen-bond acceptors (Lipinski definition) is 4. The van der Waals surface area contributed by atoms with Gasteiger partial charge in [0.25, 0.3) is 0 Å². The monoisotopic (exact) mass is 416 g/mol. The first-order valence-corrected chi connectivity index (χ1v) is 11.0. The van der Waals surface area contributed by atoms with Gasteiger partial charge < -0.3 is 9.29 Å². The minimum atomic E-state index is -3.91. The molecule has 30 heavy (non-hydrogen) atoms. The molecule has 0 heterocycles. The minimum absolute atomic E-state index is 0.0489. The lowest BCUT2D eigenvalue weighted by molar-refractivity contribution is 0.471. The summed E-state index contributed by atoms with van der Waals surface area (Å²) in [6.07, 6.45) is 0. The van der Waals surface area contributed by atoms with Crippen LogP contribution in [0.25, 0.3) is 22.3 Å². The van der Waals surface area contributed by atoms with E-state index < -0.39 is 10.1 Å². The summed E-state index contributed by atoms with van der Waals surface area (Å²) in [5, 5.41) is 10.7. The van der Waals surface area contributed by atoms with Gasteiger partial charge in [0.2, 0.25) is 0 Å². The summed E-state index contributed by atoms with van der Waals surface area (Å²) in [5.41, 5.74) is 3.20. The van der Waals surface area contributed by atoms with Crippen LogP contribution in [0.1, 0.15) is 5.56 Å². The summed E-state index contributed by atoms with van der Waals surface area (Å²) >= 11 is 0. The van der Waals surface area contributed by atoms with E-state index in [9.17, 15) is 13.5 Å². The number of hydrogen-bond donors (Lipinski definition) is 1. The maximum atomic E-state index is 12.8. The molecule has 4 rings (SSSR count). The van der Waals surface area contributed by atoms with Gasteiger partial charge in [0.1, 0.15) is 11.5 Å². The lowest BCUT2D eigenvalue weighted by Gasteiger charge is -2.17. The molecule has 0 amide bonds. The van der Waals surface area contributed by atoms with Gasteiger partial charge in [-0.05, 0) is 28.8 Å². The molecule has 0 unspecified atom stereocenters. The highest BCUT2D eigenvalue weighted by Crippen LogP contribution is 2.44. The van der Waals surface area contributed by atoms with E-state index in [1.807, 2.05) is 66.7 Å². The van der Waals surface area contributed by atoms with Crippen molar-refractivity contribution in [3.05, 3.63) is 109 Å². The molecular weight excluding hydrogens is 396 g/mol. The van der Waals surface area contributed by atoms with Gasteiger partial charge in [-0.25, -0.2) is 0 Å². The molecule has 4 nitrogen and oxygen atoms in total. The van der Waals surface area contributed by atoms with E-state index in [-0.39, 0.29) is 17.3 Å². The number of phenols is 1. The fourth-order valence-electron chi connectivity index (χ4n) is 3.38. The van der Waals surface area contributed by atoms with Gasteiger partial charge in [0.05, 0.1) is 0 Å². The molecule has 0 saturated carbocycles. The van der Waals surface area contributed by atoms with E-state index in [0.717, 1.165) is 11.1 Å². The van der Waals surface area contributed by atoms with Crippen molar-refractivity contribution in [2.75, 3.05) is 0 Å². The highest BCUT2D eigenvalue weighted by atomic mass is 32.2. The van der Waals surface area contributed by atoms with Gasteiger partial charge in [-0.3, -0.25) is 0 Å². The van der Waals surface area contributed by atoms with Crippen LogP contribution in [0.5, 0.6) is 11.5 Å². The maximum absolute atomic E-state index is 12.8. The molecule has 4 aromatic rings. The van der Waals surface area contributed by atoms with Gasteiger partial charge in [0.15, 0.2) is 5.75 Å². The Morgan fingerprint density at radius 1 is 0.633 bits per heavy atom. The summed E-state index contributed by atoms with van der Waals surface area (Å²) in [6, 6.07) is 30.5. The van der Waals surface area contributed by atoms with E-state index in [0.29, 0.717) is 16.7 Å². The molecule has 150 valence electrons. The van der Waals surface area contributed by atoms with Crippen LogP contribution in [0.4, 0.5) is 0 Å². The van der Waals surface area contributed by atoms with Crippen LogP contribution in [0.15, 0.2) is 103 Å². The van der Waals surface area contributed by atoms with Crippen molar-refractivity contribution in [3.8, 4) is 33.8 Å². The van der Waals surface area contributed by atoms with Gasteiger partial charge in [-0.2, -0.15) is 8.42 Å². The zero-order valence-electron chi connectivity index (χ0n) is 16.1. The predicted octanol–water partition coefficient (Wildman–Crippen LogP) is 5.64. The van der Waals surface area contributed by atoms with Crippen LogP contribution in [0, 0.1) is 0 Å². The Morgan fingerprint density at radius 3 is 1.70 bits per heavy atom. The average Bonchev–Trinajstić information content (AvgIpc) is 2.76. The minimum Gasteiger partial charge on any atom is -0.507 e. The maximum Gasteiger partial charge on any atom is 0.313 e. The Hall–Kier alpha value is -3.57. The van der Waals surface area contributed by atoms with Crippen LogP contribution in [-0.4, -0.2) is 13.5 Å². The highest BCUT2D eigenvalue weighted by molar-refractivity contribution is 7.86. The summed E-state index contributed by atoms with van der Waals surface area (Å²) in [5.74, 6) is -0.0227. The fourth-order valence-corrected chi connectivity index (χ4v) is 4.45. The zero-order chi connectivity index (χ0) is 21.0. The molecule has 4 aromatic carbocycles. The third-order valence-corrected chi connectivity index (χ3v) is 5.79. The molecule has 0 radical (unpaired) electrons. The molecule has 5 heteroatoms. The second-order valence-electron chi connectivity index (χ2n) is 6.84. The van der Waals surface area contributed by atoms with Crippen molar-refractivity contribution in [1.82, 2.24) is 0 Å². The molecule has 0 aromatic heterocycles. The first-order valence-electron chi connectivity index (χ1n) is 9.46. The SMILES string of the molecule is O=S(=O)(Cc1ccccc1)Oc1ccc(O)c(-c2ccccc2)c1-c1ccccc1. The molecule has 0 bridgehead atoms. The molecule has 0 atom stereocenters. The first-order chi connectivity index (χ1) is 14.5. The molecule has 0 spiro atoms. The van der Waals surface area contributed by atoms with Crippen LogP contribution < -0.4 is 4.18 Å². The second kappa shape index (κ2) is 8.43.